The van der Waals surface area contributed by atoms with Crippen molar-refractivity contribution in [2.24, 2.45) is 20.0 Å². The van der Waals surface area contributed by atoms with E-state index in [1.165, 1.54) is 4.57 Å². The molecule has 37 heavy (non-hydrogen) atoms. The average molecular weight is 543 g/mol. The first-order chi connectivity index (χ1) is 17.7. The number of ether oxygens (including phenoxy) is 1. The topological polar surface area (TPSA) is 113 Å². The van der Waals surface area contributed by atoms with Gasteiger partial charge in [-0.25, -0.2) is 4.79 Å². The number of imidazole rings is 1. The van der Waals surface area contributed by atoms with Crippen LogP contribution in [0.3, 0.4) is 0 Å². The Balaban J connectivity index is 1.47. The fourth-order valence-electron chi connectivity index (χ4n) is 4.40. The highest BCUT2D eigenvalue weighted by molar-refractivity contribution is 6.42. The molecule has 5 rings (SSSR count). The maximum absolute atomic E-state index is 13.4. The molecular weight excluding hydrogens is 519 g/mol. The molecule has 0 saturated heterocycles. The summed E-state index contributed by atoms with van der Waals surface area (Å²) in [6, 6.07) is 8.59. The minimum atomic E-state index is -0.502. The van der Waals surface area contributed by atoms with Crippen LogP contribution in [-0.4, -0.2) is 36.2 Å². The Hall–Kier alpha value is -3.63. The number of aromatic nitrogens is 5. The van der Waals surface area contributed by atoms with Gasteiger partial charge in [-0.05, 0) is 43.2 Å². The Kier molecular flexibility index (Phi) is 6.55. The molecule has 10 nitrogen and oxygen atoms in total. The molecule has 192 valence electrons. The number of fused-ring (bicyclic) bond motifs is 1. The highest BCUT2D eigenvalue weighted by Gasteiger charge is 2.46. The lowest BCUT2D eigenvalue weighted by Crippen LogP contribution is -2.39. The van der Waals surface area contributed by atoms with Gasteiger partial charge in [-0.1, -0.05) is 29.3 Å². The lowest BCUT2D eigenvalue weighted by atomic mass is 10.2. The first kappa shape index (κ1) is 25.0. The molecule has 1 aliphatic carbocycles. The van der Waals surface area contributed by atoms with Crippen molar-refractivity contribution in [2.75, 3.05) is 11.9 Å². The molecule has 3 heterocycles. The van der Waals surface area contributed by atoms with Gasteiger partial charge in [-0.15, -0.1) is 0 Å². The maximum Gasteiger partial charge on any atom is 0.332 e. The van der Waals surface area contributed by atoms with Gasteiger partial charge >= 0.3 is 11.7 Å². The summed E-state index contributed by atoms with van der Waals surface area (Å²) in [5, 5.41) is 3.94. The molecule has 1 aliphatic rings. The highest BCUT2D eigenvalue weighted by Crippen LogP contribution is 2.47. The summed E-state index contributed by atoms with van der Waals surface area (Å²) >= 11 is 12.1. The summed E-state index contributed by atoms with van der Waals surface area (Å²) in [6.07, 6.45) is 2.35. The lowest BCUT2D eigenvalue weighted by Gasteiger charge is -2.10. The number of esters is 1. The molecule has 4 aromatic rings. The van der Waals surface area contributed by atoms with Crippen molar-refractivity contribution in [1.82, 2.24) is 23.7 Å². The first-order valence-electron chi connectivity index (χ1n) is 11.7. The third kappa shape index (κ3) is 4.62. The highest BCUT2D eigenvalue weighted by atomic mass is 35.5. The summed E-state index contributed by atoms with van der Waals surface area (Å²) in [4.78, 5) is 47.4. The third-order valence-electron chi connectivity index (χ3n) is 6.48. The van der Waals surface area contributed by atoms with Gasteiger partial charge in [0.2, 0.25) is 5.95 Å². The van der Waals surface area contributed by atoms with E-state index in [0.717, 1.165) is 10.3 Å². The van der Waals surface area contributed by atoms with Crippen LogP contribution in [0.1, 0.15) is 30.5 Å². The number of nitrogens with zero attached hydrogens (tertiary/aromatic N) is 5. The summed E-state index contributed by atoms with van der Waals surface area (Å²) in [6.45, 7) is 2.16. The van der Waals surface area contributed by atoms with Crippen molar-refractivity contribution in [1.29, 1.82) is 0 Å². The largest absolute Gasteiger partial charge is 0.466 e. The van der Waals surface area contributed by atoms with E-state index >= 15 is 0 Å². The fourth-order valence-corrected chi connectivity index (χ4v) is 4.73. The van der Waals surface area contributed by atoms with E-state index < -0.39 is 11.2 Å². The molecule has 3 aromatic heterocycles. The second-order valence-corrected chi connectivity index (χ2v) is 9.76. The SMILES string of the molecule is CCOC(=O)C1CC1c1cc(Nc2nc3c(c(=O)n(Cc4ccc(Cl)c(Cl)c4)c(=O)n3C)n2C)ccn1. The molecular formula is C25H24Cl2N6O4. The third-order valence-corrected chi connectivity index (χ3v) is 7.22. The molecule has 0 amide bonds. The number of halogens is 2. The van der Waals surface area contributed by atoms with Gasteiger partial charge < -0.3 is 14.6 Å². The van der Waals surface area contributed by atoms with Gasteiger partial charge in [0.05, 0.1) is 29.1 Å². The van der Waals surface area contributed by atoms with Crippen molar-refractivity contribution < 1.29 is 9.53 Å². The van der Waals surface area contributed by atoms with E-state index in [0.29, 0.717) is 40.3 Å². The lowest BCUT2D eigenvalue weighted by molar-refractivity contribution is -0.144. The Morgan fingerprint density at radius 3 is 2.65 bits per heavy atom. The number of nitrogens with one attached hydrogen (secondary N) is 1. The van der Waals surface area contributed by atoms with Crippen LogP contribution in [0, 0.1) is 5.92 Å². The van der Waals surface area contributed by atoms with Crippen molar-refractivity contribution in [3.63, 3.8) is 0 Å². The summed E-state index contributed by atoms with van der Waals surface area (Å²) < 4.78 is 9.21. The molecule has 0 aliphatic heterocycles. The number of aryl methyl sites for hydroxylation is 2. The number of hydrogen-bond donors (Lipinski definition) is 1. The van der Waals surface area contributed by atoms with Crippen molar-refractivity contribution in [2.45, 2.75) is 25.8 Å². The Morgan fingerprint density at radius 1 is 1.14 bits per heavy atom. The van der Waals surface area contributed by atoms with Crippen LogP contribution in [-0.2, 0) is 30.2 Å². The Labute approximate surface area is 221 Å². The zero-order valence-corrected chi connectivity index (χ0v) is 21.9. The van der Waals surface area contributed by atoms with Gasteiger partial charge in [0.1, 0.15) is 0 Å². The van der Waals surface area contributed by atoms with Crippen LogP contribution in [0.4, 0.5) is 11.6 Å². The minimum absolute atomic E-state index is 0.00985. The molecule has 2 atom stereocenters. The van der Waals surface area contributed by atoms with E-state index in [1.807, 2.05) is 6.07 Å². The number of rotatable bonds is 7. The van der Waals surface area contributed by atoms with Crippen LogP contribution < -0.4 is 16.6 Å². The van der Waals surface area contributed by atoms with Crippen molar-refractivity contribution >= 4 is 52.0 Å². The zero-order valence-electron chi connectivity index (χ0n) is 20.4. The van der Waals surface area contributed by atoms with E-state index in [9.17, 15) is 14.4 Å². The average Bonchev–Trinajstić information content (AvgIpc) is 3.62. The normalized spacial score (nSPS) is 16.7. The van der Waals surface area contributed by atoms with Gasteiger partial charge in [0, 0.05) is 37.6 Å². The van der Waals surface area contributed by atoms with Gasteiger partial charge in [-0.2, -0.15) is 4.98 Å². The molecule has 2 unspecified atom stereocenters. The van der Waals surface area contributed by atoms with Crippen LogP contribution in [0.2, 0.25) is 10.0 Å². The predicted molar refractivity (Wildman–Crippen MR) is 141 cm³/mol. The first-order valence-corrected chi connectivity index (χ1v) is 12.4. The number of hydrogen-bond acceptors (Lipinski definition) is 7. The molecule has 1 N–H and O–H groups in total. The maximum atomic E-state index is 13.4. The quantitative estimate of drug-likeness (QED) is 0.355. The smallest absolute Gasteiger partial charge is 0.332 e. The number of pyridine rings is 1. The van der Waals surface area contributed by atoms with E-state index in [1.54, 1.807) is 56.0 Å². The van der Waals surface area contributed by atoms with E-state index in [2.05, 4.69) is 15.3 Å². The van der Waals surface area contributed by atoms with E-state index in [4.69, 9.17) is 27.9 Å². The molecule has 1 saturated carbocycles. The molecule has 0 bridgehead atoms. The predicted octanol–water partition coefficient (Wildman–Crippen LogP) is 3.59. The number of benzene rings is 1. The van der Waals surface area contributed by atoms with Crippen LogP contribution in [0.15, 0.2) is 46.1 Å². The van der Waals surface area contributed by atoms with Crippen LogP contribution >= 0.6 is 23.2 Å². The van der Waals surface area contributed by atoms with Gasteiger partial charge in [-0.3, -0.25) is 23.7 Å². The second kappa shape index (κ2) is 9.68. The minimum Gasteiger partial charge on any atom is -0.466 e. The van der Waals surface area contributed by atoms with Crippen molar-refractivity contribution in [3.05, 3.63) is 78.7 Å². The summed E-state index contributed by atoms with van der Waals surface area (Å²) in [5.41, 5.74) is 1.68. The molecule has 0 spiro atoms. The number of carbonyl (C=O) groups excluding carboxylic acids is 1. The summed E-state index contributed by atoms with van der Waals surface area (Å²) in [5.74, 6) is 0.00274. The standard InChI is InChI=1S/C25H24Cl2N6O4/c1-4-37-23(35)16-11-15(16)19-10-14(7-8-28-19)29-24-30-21-20(31(24)2)22(34)33(25(36)32(21)3)12-13-5-6-17(26)18(27)9-13/h5-10,15-16H,4,11-12H2,1-3H3,(H,28,29,30). The van der Waals surface area contributed by atoms with E-state index in [-0.39, 0.29) is 35.5 Å². The fraction of sp³-hybridized carbons (Fsp3) is 0.320. The number of anilines is 2. The molecule has 1 fully saturated rings. The Bertz CT molecular complexity index is 1660. The monoisotopic (exact) mass is 542 g/mol. The summed E-state index contributed by atoms with van der Waals surface area (Å²) in [7, 11) is 3.27. The van der Waals surface area contributed by atoms with Crippen molar-refractivity contribution in [3.8, 4) is 0 Å². The second-order valence-electron chi connectivity index (χ2n) is 8.94. The number of carbonyl (C=O) groups is 1. The molecule has 12 heteroatoms. The molecule has 1 aromatic carbocycles. The zero-order chi connectivity index (χ0) is 26.4. The Morgan fingerprint density at radius 2 is 1.92 bits per heavy atom. The van der Waals surface area contributed by atoms with Crippen LogP contribution in [0.5, 0.6) is 0 Å². The molecule has 0 radical (unpaired) electrons. The van der Waals surface area contributed by atoms with Gasteiger partial charge in [0.25, 0.3) is 5.56 Å². The van der Waals surface area contributed by atoms with Gasteiger partial charge in [0.15, 0.2) is 11.2 Å². The van der Waals surface area contributed by atoms with Crippen LogP contribution in [0.25, 0.3) is 11.2 Å².